The van der Waals surface area contributed by atoms with Crippen LogP contribution in [0, 0.1) is 0 Å². The van der Waals surface area contributed by atoms with Crippen LogP contribution in [-0.4, -0.2) is 5.78 Å². The fourth-order valence-electron chi connectivity index (χ4n) is 1.60. The molecule has 0 bridgehead atoms. The zero-order chi connectivity index (χ0) is 12.3. The molecule has 2 aromatic rings. The monoisotopic (exact) mass is 264 g/mol. The maximum Gasteiger partial charge on any atom is 0.168 e. The number of carbonyl (C=O) groups excluding carboxylic acids is 1. The lowest BCUT2D eigenvalue weighted by atomic mass is 10.0. The molecular formula is C14H10Cl2O. The van der Waals surface area contributed by atoms with Crippen molar-refractivity contribution in [2.75, 3.05) is 0 Å². The molecule has 0 heterocycles. The molecule has 2 aromatic carbocycles. The molecule has 17 heavy (non-hydrogen) atoms. The van der Waals surface area contributed by atoms with E-state index in [1.807, 2.05) is 18.2 Å². The number of halogens is 2. The van der Waals surface area contributed by atoms with Crippen LogP contribution in [0.5, 0.6) is 0 Å². The third-order valence-corrected chi connectivity index (χ3v) is 3.18. The van der Waals surface area contributed by atoms with Crippen molar-refractivity contribution in [3.63, 3.8) is 0 Å². The van der Waals surface area contributed by atoms with E-state index < -0.39 is 0 Å². The van der Waals surface area contributed by atoms with Gasteiger partial charge in [-0.1, -0.05) is 53.5 Å². The predicted octanol–water partition coefficient (Wildman–Crippen LogP) is 4.42. The van der Waals surface area contributed by atoms with E-state index in [-0.39, 0.29) is 12.2 Å². The summed E-state index contributed by atoms with van der Waals surface area (Å²) < 4.78 is 0. The number of carbonyl (C=O) groups is 1. The van der Waals surface area contributed by atoms with Gasteiger partial charge in [0.15, 0.2) is 5.78 Å². The standard InChI is InChI=1S/C14H10Cl2O/c15-12-7-3-1-5-10(12)9-14(17)11-6-2-4-8-13(11)16/h1-8H,9H2. The van der Waals surface area contributed by atoms with E-state index in [2.05, 4.69) is 0 Å². The second-order valence-electron chi connectivity index (χ2n) is 3.67. The Kier molecular flexibility index (Phi) is 3.82. The van der Waals surface area contributed by atoms with Gasteiger partial charge in [0, 0.05) is 17.0 Å². The average Bonchev–Trinajstić information content (AvgIpc) is 2.32. The maximum absolute atomic E-state index is 12.0. The third-order valence-electron chi connectivity index (χ3n) is 2.48. The SMILES string of the molecule is O=C(Cc1ccccc1Cl)c1ccccc1Cl. The maximum atomic E-state index is 12.0. The van der Waals surface area contributed by atoms with Crippen LogP contribution in [0.3, 0.4) is 0 Å². The molecule has 0 amide bonds. The van der Waals surface area contributed by atoms with Gasteiger partial charge in [-0.2, -0.15) is 0 Å². The summed E-state index contributed by atoms with van der Waals surface area (Å²) >= 11 is 12.0. The summed E-state index contributed by atoms with van der Waals surface area (Å²) in [6, 6.07) is 14.4. The summed E-state index contributed by atoms with van der Waals surface area (Å²) in [5.74, 6) is -0.0244. The van der Waals surface area contributed by atoms with E-state index in [4.69, 9.17) is 23.2 Å². The van der Waals surface area contributed by atoms with Crippen molar-refractivity contribution >= 4 is 29.0 Å². The van der Waals surface area contributed by atoms with Crippen molar-refractivity contribution in [3.8, 4) is 0 Å². The van der Waals surface area contributed by atoms with E-state index in [0.717, 1.165) is 5.56 Å². The molecule has 0 saturated heterocycles. The van der Waals surface area contributed by atoms with Gasteiger partial charge in [-0.3, -0.25) is 4.79 Å². The Labute approximate surface area is 110 Å². The lowest BCUT2D eigenvalue weighted by Crippen LogP contribution is -2.04. The van der Waals surface area contributed by atoms with Crippen molar-refractivity contribution in [1.82, 2.24) is 0 Å². The second kappa shape index (κ2) is 5.35. The Morgan fingerprint density at radius 1 is 0.882 bits per heavy atom. The minimum Gasteiger partial charge on any atom is -0.294 e. The molecule has 0 N–H and O–H groups in total. The van der Waals surface area contributed by atoms with E-state index >= 15 is 0 Å². The summed E-state index contributed by atoms with van der Waals surface area (Å²) in [6.45, 7) is 0. The number of hydrogen-bond donors (Lipinski definition) is 0. The second-order valence-corrected chi connectivity index (χ2v) is 4.49. The molecule has 0 fully saturated rings. The molecule has 0 radical (unpaired) electrons. The smallest absolute Gasteiger partial charge is 0.168 e. The number of rotatable bonds is 3. The Balaban J connectivity index is 2.24. The fourth-order valence-corrected chi connectivity index (χ4v) is 2.04. The molecule has 0 aromatic heterocycles. The molecule has 1 nitrogen and oxygen atoms in total. The molecule has 2 rings (SSSR count). The van der Waals surface area contributed by atoms with Crippen molar-refractivity contribution in [3.05, 3.63) is 69.7 Å². The van der Waals surface area contributed by atoms with Gasteiger partial charge in [-0.05, 0) is 23.8 Å². The van der Waals surface area contributed by atoms with Crippen LogP contribution >= 0.6 is 23.2 Å². The van der Waals surface area contributed by atoms with Crippen LogP contribution in [0.15, 0.2) is 48.5 Å². The highest BCUT2D eigenvalue weighted by atomic mass is 35.5. The van der Waals surface area contributed by atoms with Gasteiger partial charge in [0.1, 0.15) is 0 Å². The highest BCUT2D eigenvalue weighted by molar-refractivity contribution is 6.34. The largest absolute Gasteiger partial charge is 0.294 e. The molecule has 0 saturated carbocycles. The van der Waals surface area contributed by atoms with E-state index in [1.165, 1.54) is 0 Å². The molecular weight excluding hydrogens is 255 g/mol. The summed E-state index contributed by atoms with van der Waals surface area (Å²) in [4.78, 5) is 12.0. The van der Waals surface area contributed by atoms with E-state index in [9.17, 15) is 4.79 Å². The average molecular weight is 265 g/mol. The topological polar surface area (TPSA) is 17.1 Å². The van der Waals surface area contributed by atoms with Gasteiger partial charge in [0.2, 0.25) is 0 Å². The first-order valence-electron chi connectivity index (χ1n) is 5.19. The zero-order valence-electron chi connectivity index (χ0n) is 8.99. The number of ketones is 1. The molecule has 0 unspecified atom stereocenters. The third kappa shape index (κ3) is 2.87. The Morgan fingerprint density at radius 3 is 2.12 bits per heavy atom. The Bertz CT molecular complexity index is 549. The van der Waals surface area contributed by atoms with E-state index in [0.29, 0.717) is 15.6 Å². The van der Waals surface area contributed by atoms with Crippen LogP contribution in [0.25, 0.3) is 0 Å². The molecule has 0 atom stereocenters. The first-order chi connectivity index (χ1) is 8.18. The predicted molar refractivity (Wildman–Crippen MR) is 70.9 cm³/mol. The van der Waals surface area contributed by atoms with E-state index in [1.54, 1.807) is 30.3 Å². The van der Waals surface area contributed by atoms with Crippen molar-refractivity contribution in [2.45, 2.75) is 6.42 Å². The minimum atomic E-state index is -0.0244. The first-order valence-corrected chi connectivity index (χ1v) is 5.95. The van der Waals surface area contributed by atoms with Crippen molar-refractivity contribution in [2.24, 2.45) is 0 Å². The normalized spacial score (nSPS) is 10.2. The molecule has 0 spiro atoms. The fraction of sp³-hybridized carbons (Fsp3) is 0.0714. The van der Waals surface area contributed by atoms with Crippen molar-refractivity contribution < 1.29 is 4.79 Å². The first kappa shape index (κ1) is 12.2. The van der Waals surface area contributed by atoms with Gasteiger partial charge >= 0.3 is 0 Å². The Morgan fingerprint density at radius 2 is 1.47 bits per heavy atom. The van der Waals surface area contributed by atoms with Crippen LogP contribution in [-0.2, 0) is 6.42 Å². The molecule has 0 aliphatic rings. The summed E-state index contributed by atoms with van der Waals surface area (Å²) in [6.07, 6.45) is 0.267. The van der Waals surface area contributed by atoms with Crippen LogP contribution in [0.2, 0.25) is 10.0 Å². The summed E-state index contributed by atoms with van der Waals surface area (Å²) in [7, 11) is 0. The van der Waals surface area contributed by atoms with Crippen LogP contribution in [0.4, 0.5) is 0 Å². The number of Topliss-reactive ketones (excluding diaryl/α,β-unsaturated/α-hetero) is 1. The summed E-state index contributed by atoms with van der Waals surface area (Å²) in [5.41, 5.74) is 1.35. The summed E-state index contributed by atoms with van der Waals surface area (Å²) in [5, 5.41) is 1.08. The zero-order valence-corrected chi connectivity index (χ0v) is 10.5. The van der Waals surface area contributed by atoms with Crippen LogP contribution in [0.1, 0.15) is 15.9 Å². The number of hydrogen-bond acceptors (Lipinski definition) is 1. The lowest BCUT2D eigenvalue weighted by Gasteiger charge is -2.05. The van der Waals surface area contributed by atoms with Gasteiger partial charge < -0.3 is 0 Å². The van der Waals surface area contributed by atoms with Gasteiger partial charge in [-0.25, -0.2) is 0 Å². The Hall–Kier alpha value is -1.31. The molecule has 86 valence electrons. The quantitative estimate of drug-likeness (QED) is 0.751. The number of benzene rings is 2. The van der Waals surface area contributed by atoms with Crippen LogP contribution < -0.4 is 0 Å². The van der Waals surface area contributed by atoms with Crippen molar-refractivity contribution in [1.29, 1.82) is 0 Å². The van der Waals surface area contributed by atoms with Gasteiger partial charge in [-0.15, -0.1) is 0 Å². The highest BCUT2D eigenvalue weighted by Crippen LogP contribution is 2.20. The molecule has 3 heteroatoms. The van der Waals surface area contributed by atoms with Gasteiger partial charge in [0.25, 0.3) is 0 Å². The minimum absolute atomic E-state index is 0.0244. The van der Waals surface area contributed by atoms with Gasteiger partial charge in [0.05, 0.1) is 5.02 Å². The molecule has 0 aliphatic carbocycles. The highest BCUT2D eigenvalue weighted by Gasteiger charge is 2.11. The molecule has 0 aliphatic heterocycles. The lowest BCUT2D eigenvalue weighted by molar-refractivity contribution is 0.0993.